The fraction of sp³-hybridized carbons (Fsp3) is 0.0526. The first-order chi connectivity index (χ1) is 12.6. The normalized spacial score (nSPS) is 10.3. The van der Waals surface area contributed by atoms with Crippen molar-refractivity contribution in [1.82, 2.24) is 4.98 Å². The van der Waals surface area contributed by atoms with E-state index in [9.17, 15) is 9.18 Å². The van der Waals surface area contributed by atoms with Crippen molar-refractivity contribution in [2.45, 2.75) is 0 Å². The molecule has 0 unspecified atom stereocenters. The highest BCUT2D eigenvalue weighted by Crippen LogP contribution is 2.30. The highest BCUT2D eigenvalue weighted by Gasteiger charge is 2.12. The van der Waals surface area contributed by atoms with Crippen molar-refractivity contribution in [2.75, 3.05) is 17.7 Å². The molecule has 26 heavy (non-hydrogen) atoms. The predicted molar refractivity (Wildman–Crippen MR) is 99.9 cm³/mol. The average Bonchev–Trinajstić information content (AvgIpc) is 2.64. The number of aromatic nitrogens is 1. The van der Waals surface area contributed by atoms with Crippen LogP contribution in [0, 0.1) is 5.82 Å². The van der Waals surface area contributed by atoms with Gasteiger partial charge >= 0.3 is 0 Å². The van der Waals surface area contributed by atoms with E-state index in [2.05, 4.69) is 15.6 Å². The Balaban J connectivity index is 1.81. The van der Waals surface area contributed by atoms with E-state index in [4.69, 9.17) is 16.3 Å². The number of hydrogen-bond donors (Lipinski definition) is 2. The highest BCUT2D eigenvalue weighted by atomic mass is 35.5. The third-order valence-corrected chi connectivity index (χ3v) is 3.79. The lowest BCUT2D eigenvalue weighted by Gasteiger charge is -2.12. The smallest absolute Gasteiger partial charge is 0.274 e. The van der Waals surface area contributed by atoms with Crippen molar-refractivity contribution < 1.29 is 13.9 Å². The average molecular weight is 372 g/mol. The Morgan fingerprint density at radius 2 is 1.92 bits per heavy atom. The molecule has 0 fully saturated rings. The van der Waals surface area contributed by atoms with Crippen LogP contribution >= 0.6 is 11.6 Å². The van der Waals surface area contributed by atoms with E-state index in [1.54, 1.807) is 49.6 Å². The number of methoxy groups -OCH3 is 1. The maximum absolute atomic E-state index is 13.7. The number of rotatable bonds is 5. The summed E-state index contributed by atoms with van der Waals surface area (Å²) in [5, 5.41) is 6.17. The van der Waals surface area contributed by atoms with Crippen LogP contribution in [0.5, 0.6) is 5.75 Å². The van der Waals surface area contributed by atoms with Gasteiger partial charge in [0, 0.05) is 16.9 Å². The van der Waals surface area contributed by atoms with Crippen molar-refractivity contribution in [3.63, 3.8) is 0 Å². The number of para-hydroxylation sites is 1. The maximum Gasteiger partial charge on any atom is 0.274 e. The number of halogens is 2. The van der Waals surface area contributed by atoms with Gasteiger partial charge in [-0.15, -0.1) is 0 Å². The van der Waals surface area contributed by atoms with Crippen LogP contribution in [-0.2, 0) is 0 Å². The van der Waals surface area contributed by atoms with E-state index in [0.29, 0.717) is 22.1 Å². The first kappa shape index (κ1) is 17.7. The standard InChI is InChI=1S/C19H15ClFN3O2/c1-26-18-7-6-12(20)10-16(18)23-13-8-9-22-17(11-13)19(25)24-15-5-3-2-4-14(15)21/h2-11H,1H3,(H,22,23)(H,24,25). The number of hydrogen-bond acceptors (Lipinski definition) is 4. The van der Waals surface area contributed by atoms with Gasteiger partial charge in [0.2, 0.25) is 0 Å². The van der Waals surface area contributed by atoms with Crippen LogP contribution in [0.25, 0.3) is 0 Å². The number of carbonyl (C=O) groups excluding carboxylic acids is 1. The van der Waals surface area contributed by atoms with Crippen LogP contribution in [0.4, 0.5) is 21.5 Å². The number of nitrogens with one attached hydrogen (secondary N) is 2. The summed E-state index contributed by atoms with van der Waals surface area (Å²) >= 11 is 6.02. The zero-order valence-electron chi connectivity index (χ0n) is 13.8. The lowest BCUT2D eigenvalue weighted by atomic mass is 10.2. The van der Waals surface area contributed by atoms with Gasteiger partial charge in [0.05, 0.1) is 18.5 Å². The molecule has 2 aromatic carbocycles. The SMILES string of the molecule is COc1ccc(Cl)cc1Nc1ccnc(C(=O)Nc2ccccc2F)c1. The molecule has 3 rings (SSSR count). The number of benzene rings is 2. The molecule has 7 heteroatoms. The largest absolute Gasteiger partial charge is 0.495 e. The zero-order valence-corrected chi connectivity index (χ0v) is 14.5. The van der Waals surface area contributed by atoms with Gasteiger partial charge in [-0.3, -0.25) is 9.78 Å². The lowest BCUT2D eigenvalue weighted by molar-refractivity contribution is 0.102. The van der Waals surface area contributed by atoms with Gasteiger partial charge in [-0.1, -0.05) is 23.7 Å². The number of pyridine rings is 1. The molecule has 0 saturated heterocycles. The highest BCUT2D eigenvalue weighted by molar-refractivity contribution is 6.31. The summed E-state index contributed by atoms with van der Waals surface area (Å²) in [5.41, 5.74) is 1.49. The number of ether oxygens (including phenoxy) is 1. The number of anilines is 3. The van der Waals surface area contributed by atoms with Gasteiger partial charge in [-0.25, -0.2) is 4.39 Å². The van der Waals surface area contributed by atoms with Crippen LogP contribution in [0.15, 0.2) is 60.8 Å². The molecule has 2 N–H and O–H groups in total. The molecule has 5 nitrogen and oxygen atoms in total. The summed E-state index contributed by atoms with van der Waals surface area (Å²) in [5.74, 6) is -0.431. The Morgan fingerprint density at radius 3 is 2.69 bits per heavy atom. The topological polar surface area (TPSA) is 63.2 Å². The van der Waals surface area contributed by atoms with E-state index in [0.717, 1.165) is 0 Å². The molecule has 3 aromatic rings. The molecule has 0 radical (unpaired) electrons. The van der Waals surface area contributed by atoms with Crippen LogP contribution in [0.3, 0.4) is 0 Å². The predicted octanol–water partition coefficient (Wildman–Crippen LogP) is 4.88. The van der Waals surface area contributed by atoms with E-state index >= 15 is 0 Å². The van der Waals surface area contributed by atoms with Crippen molar-refractivity contribution in [2.24, 2.45) is 0 Å². The lowest BCUT2D eigenvalue weighted by Crippen LogP contribution is -2.14. The van der Waals surface area contributed by atoms with Gasteiger partial charge < -0.3 is 15.4 Å². The van der Waals surface area contributed by atoms with E-state index < -0.39 is 11.7 Å². The van der Waals surface area contributed by atoms with Crippen LogP contribution in [0.1, 0.15) is 10.5 Å². The Hall–Kier alpha value is -3.12. The van der Waals surface area contributed by atoms with Crippen LogP contribution in [0.2, 0.25) is 5.02 Å². The second-order valence-electron chi connectivity index (χ2n) is 5.33. The van der Waals surface area contributed by atoms with Gasteiger partial charge in [0.25, 0.3) is 5.91 Å². The summed E-state index contributed by atoms with van der Waals surface area (Å²) in [7, 11) is 1.55. The van der Waals surface area contributed by atoms with Crippen molar-refractivity contribution in [3.8, 4) is 5.75 Å². The fourth-order valence-electron chi connectivity index (χ4n) is 2.31. The maximum atomic E-state index is 13.7. The minimum absolute atomic E-state index is 0.0918. The Morgan fingerprint density at radius 1 is 1.12 bits per heavy atom. The first-order valence-corrected chi connectivity index (χ1v) is 8.07. The minimum Gasteiger partial charge on any atom is -0.495 e. The molecular weight excluding hydrogens is 357 g/mol. The summed E-state index contributed by atoms with van der Waals surface area (Å²) in [6, 6.07) is 14.3. The van der Waals surface area contributed by atoms with Crippen LogP contribution < -0.4 is 15.4 Å². The quantitative estimate of drug-likeness (QED) is 0.671. The van der Waals surface area contributed by atoms with E-state index in [-0.39, 0.29) is 11.4 Å². The van der Waals surface area contributed by atoms with Crippen molar-refractivity contribution >= 4 is 34.6 Å². The van der Waals surface area contributed by atoms with E-state index in [1.165, 1.54) is 18.3 Å². The number of amides is 1. The summed E-state index contributed by atoms with van der Waals surface area (Å²) in [4.78, 5) is 16.4. The molecule has 1 heterocycles. The van der Waals surface area contributed by atoms with Gasteiger partial charge in [0.15, 0.2) is 0 Å². The summed E-state index contributed by atoms with van der Waals surface area (Å²) in [6.45, 7) is 0. The molecule has 0 aliphatic carbocycles. The second-order valence-corrected chi connectivity index (χ2v) is 5.77. The molecule has 0 spiro atoms. The minimum atomic E-state index is -0.517. The molecule has 132 valence electrons. The molecule has 0 atom stereocenters. The molecule has 0 aliphatic rings. The van der Waals surface area contributed by atoms with Crippen molar-refractivity contribution in [3.05, 3.63) is 77.3 Å². The van der Waals surface area contributed by atoms with Gasteiger partial charge in [-0.05, 0) is 42.5 Å². The summed E-state index contributed by atoms with van der Waals surface area (Å²) < 4.78 is 19.0. The Bertz CT molecular complexity index is 950. The van der Waals surface area contributed by atoms with Crippen molar-refractivity contribution in [1.29, 1.82) is 0 Å². The molecule has 1 aromatic heterocycles. The summed E-state index contributed by atoms with van der Waals surface area (Å²) in [6.07, 6.45) is 1.48. The van der Waals surface area contributed by atoms with Gasteiger partial charge in [0.1, 0.15) is 17.3 Å². The first-order valence-electron chi connectivity index (χ1n) is 7.69. The molecule has 0 bridgehead atoms. The van der Waals surface area contributed by atoms with E-state index in [1.807, 2.05) is 0 Å². The molecule has 1 amide bonds. The second kappa shape index (κ2) is 7.84. The van der Waals surface area contributed by atoms with Crippen LogP contribution in [-0.4, -0.2) is 18.0 Å². The zero-order chi connectivity index (χ0) is 18.5. The molecule has 0 saturated carbocycles. The Labute approximate surface area is 154 Å². The molecular formula is C19H15ClFN3O2. The number of carbonyl (C=O) groups is 1. The third-order valence-electron chi connectivity index (χ3n) is 3.56. The third kappa shape index (κ3) is 4.10. The Kier molecular flexibility index (Phi) is 5.34. The number of nitrogens with zero attached hydrogens (tertiary/aromatic N) is 1. The molecule has 0 aliphatic heterocycles. The fourth-order valence-corrected chi connectivity index (χ4v) is 2.49. The van der Waals surface area contributed by atoms with Gasteiger partial charge in [-0.2, -0.15) is 0 Å². The monoisotopic (exact) mass is 371 g/mol.